The molecular formula is C19H14F3N3O3S. The lowest BCUT2D eigenvalue weighted by atomic mass is 10.1. The fourth-order valence-electron chi connectivity index (χ4n) is 2.36. The summed E-state index contributed by atoms with van der Waals surface area (Å²) >= 11 is 1.39. The summed E-state index contributed by atoms with van der Waals surface area (Å²) in [5.41, 5.74) is -1.08. The van der Waals surface area contributed by atoms with Crippen molar-refractivity contribution in [3.8, 4) is 0 Å². The molecule has 0 aliphatic heterocycles. The third kappa shape index (κ3) is 5.32. The highest BCUT2D eigenvalue weighted by Crippen LogP contribution is 2.36. The highest BCUT2D eigenvalue weighted by atomic mass is 32.1. The summed E-state index contributed by atoms with van der Waals surface area (Å²) in [5, 5.41) is 7.04. The van der Waals surface area contributed by atoms with E-state index >= 15 is 0 Å². The zero-order valence-electron chi connectivity index (χ0n) is 14.9. The molecule has 2 N–H and O–H groups in total. The van der Waals surface area contributed by atoms with Gasteiger partial charge in [0, 0.05) is 17.1 Å². The van der Waals surface area contributed by atoms with E-state index in [-0.39, 0.29) is 11.4 Å². The Morgan fingerprint density at radius 3 is 2.62 bits per heavy atom. The van der Waals surface area contributed by atoms with Crippen molar-refractivity contribution in [2.45, 2.75) is 13.1 Å². The van der Waals surface area contributed by atoms with Gasteiger partial charge < -0.3 is 15.1 Å². The van der Waals surface area contributed by atoms with Crippen molar-refractivity contribution < 1.29 is 27.2 Å². The zero-order chi connectivity index (χ0) is 21.0. The van der Waals surface area contributed by atoms with Gasteiger partial charge in [0.1, 0.15) is 0 Å². The number of thiazole rings is 1. The molecule has 0 fully saturated rings. The summed E-state index contributed by atoms with van der Waals surface area (Å²) < 4.78 is 45.2. The maximum atomic E-state index is 13.4. The maximum absolute atomic E-state index is 13.4. The number of rotatable bonds is 5. The van der Waals surface area contributed by atoms with Gasteiger partial charge in [-0.3, -0.25) is 9.59 Å². The molecule has 0 aliphatic rings. The van der Waals surface area contributed by atoms with Crippen LogP contribution in [0, 0.1) is 6.92 Å². The van der Waals surface area contributed by atoms with Gasteiger partial charge >= 0.3 is 6.18 Å². The summed E-state index contributed by atoms with van der Waals surface area (Å²) in [6.45, 7) is 1.80. The number of hydrogen-bond donors (Lipinski definition) is 2. The minimum Gasteiger partial charge on any atom is -0.459 e. The summed E-state index contributed by atoms with van der Waals surface area (Å²) in [7, 11) is 0. The third-order valence-electron chi connectivity index (χ3n) is 3.63. The van der Waals surface area contributed by atoms with Crippen LogP contribution in [-0.2, 0) is 11.0 Å². The Bertz CT molecular complexity index is 1060. The van der Waals surface area contributed by atoms with Crippen LogP contribution in [0.25, 0.3) is 6.08 Å². The van der Waals surface area contributed by atoms with Crippen LogP contribution in [0.2, 0.25) is 0 Å². The molecule has 3 aromatic rings. The van der Waals surface area contributed by atoms with Gasteiger partial charge in [-0.2, -0.15) is 13.2 Å². The van der Waals surface area contributed by atoms with Gasteiger partial charge in [0.2, 0.25) is 5.91 Å². The second-order valence-corrected chi connectivity index (χ2v) is 6.87. The van der Waals surface area contributed by atoms with E-state index in [0.717, 1.165) is 23.2 Å². The first-order chi connectivity index (χ1) is 13.7. The van der Waals surface area contributed by atoms with Gasteiger partial charge in [-0.1, -0.05) is 0 Å². The van der Waals surface area contributed by atoms with E-state index in [2.05, 4.69) is 15.6 Å². The zero-order valence-corrected chi connectivity index (χ0v) is 15.7. The topological polar surface area (TPSA) is 84.2 Å². The van der Waals surface area contributed by atoms with Crippen LogP contribution in [0.3, 0.4) is 0 Å². The quantitative estimate of drug-likeness (QED) is 0.570. The Morgan fingerprint density at radius 1 is 1.21 bits per heavy atom. The maximum Gasteiger partial charge on any atom is 0.418 e. The van der Waals surface area contributed by atoms with Crippen LogP contribution >= 0.6 is 11.3 Å². The first-order valence-corrected chi connectivity index (χ1v) is 9.07. The average Bonchev–Trinajstić information content (AvgIpc) is 3.32. The Kier molecular flexibility index (Phi) is 5.83. The minimum atomic E-state index is -4.75. The van der Waals surface area contributed by atoms with Crippen LogP contribution < -0.4 is 10.6 Å². The van der Waals surface area contributed by atoms with Gasteiger partial charge in [0.25, 0.3) is 5.91 Å². The SMILES string of the molecule is Cc1nc(/C=C/C(=O)Nc2ccc(NC(=O)c3ccco3)cc2C(F)(F)F)cs1. The molecule has 0 saturated heterocycles. The molecule has 3 rings (SSSR count). The number of nitrogens with zero attached hydrogens (tertiary/aromatic N) is 1. The van der Waals surface area contributed by atoms with Crippen LogP contribution in [0.4, 0.5) is 24.5 Å². The summed E-state index contributed by atoms with van der Waals surface area (Å²) in [6, 6.07) is 5.92. The molecule has 0 saturated carbocycles. The molecule has 1 aromatic carbocycles. The van der Waals surface area contributed by atoms with E-state index in [1.165, 1.54) is 41.9 Å². The minimum absolute atomic E-state index is 0.0432. The first kappa shape index (κ1) is 20.3. The van der Waals surface area contributed by atoms with Crippen molar-refractivity contribution in [3.63, 3.8) is 0 Å². The fraction of sp³-hybridized carbons (Fsp3) is 0.105. The van der Waals surface area contributed by atoms with E-state index in [9.17, 15) is 22.8 Å². The number of carbonyl (C=O) groups is 2. The third-order valence-corrected chi connectivity index (χ3v) is 4.42. The molecule has 0 atom stereocenters. The van der Waals surface area contributed by atoms with Gasteiger partial charge in [-0.25, -0.2) is 4.98 Å². The monoisotopic (exact) mass is 421 g/mol. The molecule has 2 heterocycles. The second-order valence-electron chi connectivity index (χ2n) is 5.80. The number of halogens is 3. The molecule has 0 unspecified atom stereocenters. The van der Waals surface area contributed by atoms with Crippen molar-refractivity contribution in [2.24, 2.45) is 0 Å². The number of nitrogens with one attached hydrogen (secondary N) is 2. The Hall–Kier alpha value is -3.40. The standard InChI is InChI=1S/C19H14F3N3O3S/c1-11-23-13(10-29-11)5-7-17(26)25-15-6-4-12(9-14(15)19(20,21)22)24-18(27)16-3-2-8-28-16/h2-10H,1H3,(H,24,27)(H,25,26)/b7-5+. The van der Waals surface area contributed by atoms with Crippen LogP contribution in [0.5, 0.6) is 0 Å². The molecule has 0 radical (unpaired) electrons. The van der Waals surface area contributed by atoms with Crippen molar-refractivity contribution in [1.82, 2.24) is 4.98 Å². The fourth-order valence-corrected chi connectivity index (χ4v) is 2.94. The van der Waals surface area contributed by atoms with Crippen molar-refractivity contribution in [1.29, 1.82) is 0 Å². The average molecular weight is 421 g/mol. The van der Waals surface area contributed by atoms with Gasteiger partial charge in [0.05, 0.1) is 28.2 Å². The van der Waals surface area contributed by atoms with E-state index < -0.39 is 29.2 Å². The Morgan fingerprint density at radius 2 is 2.00 bits per heavy atom. The Labute approximate surface area is 167 Å². The van der Waals surface area contributed by atoms with Crippen molar-refractivity contribution in [2.75, 3.05) is 10.6 Å². The lowest BCUT2D eigenvalue weighted by molar-refractivity contribution is -0.136. The number of furan rings is 1. The lowest BCUT2D eigenvalue weighted by Crippen LogP contribution is -2.16. The van der Waals surface area contributed by atoms with Gasteiger partial charge in [-0.05, 0) is 43.3 Å². The molecule has 0 aliphatic carbocycles. The van der Waals surface area contributed by atoms with Crippen LogP contribution in [0.1, 0.15) is 26.8 Å². The van der Waals surface area contributed by atoms with Crippen molar-refractivity contribution in [3.05, 3.63) is 70.1 Å². The number of anilines is 2. The molecule has 2 amide bonds. The number of amides is 2. The molecule has 29 heavy (non-hydrogen) atoms. The molecule has 6 nitrogen and oxygen atoms in total. The van der Waals surface area contributed by atoms with Gasteiger partial charge in [0.15, 0.2) is 5.76 Å². The van der Waals surface area contributed by atoms with E-state index in [4.69, 9.17) is 4.42 Å². The van der Waals surface area contributed by atoms with Gasteiger partial charge in [-0.15, -0.1) is 11.3 Å². The number of carbonyl (C=O) groups excluding carboxylic acids is 2. The molecule has 0 bridgehead atoms. The largest absolute Gasteiger partial charge is 0.459 e. The van der Waals surface area contributed by atoms with Crippen LogP contribution in [-0.4, -0.2) is 16.8 Å². The molecule has 150 valence electrons. The van der Waals surface area contributed by atoms with Crippen molar-refractivity contribution >= 4 is 40.6 Å². The predicted molar refractivity (Wildman–Crippen MR) is 103 cm³/mol. The molecular weight excluding hydrogens is 407 g/mol. The first-order valence-electron chi connectivity index (χ1n) is 8.19. The molecule has 2 aromatic heterocycles. The normalized spacial score (nSPS) is 11.6. The number of aryl methyl sites for hydroxylation is 1. The van der Waals surface area contributed by atoms with E-state index in [1.807, 2.05) is 0 Å². The van der Waals surface area contributed by atoms with Crippen LogP contribution in [0.15, 0.2) is 52.5 Å². The summed E-state index contributed by atoms with van der Waals surface area (Å²) in [6.07, 6.45) is -0.968. The molecule has 10 heteroatoms. The highest BCUT2D eigenvalue weighted by Gasteiger charge is 2.34. The summed E-state index contributed by atoms with van der Waals surface area (Å²) in [4.78, 5) is 28.1. The van der Waals surface area contributed by atoms with E-state index in [0.29, 0.717) is 5.69 Å². The number of benzene rings is 1. The lowest BCUT2D eigenvalue weighted by Gasteiger charge is -2.15. The number of aromatic nitrogens is 1. The highest BCUT2D eigenvalue weighted by molar-refractivity contribution is 7.09. The number of hydrogen-bond acceptors (Lipinski definition) is 5. The predicted octanol–water partition coefficient (Wildman–Crippen LogP) is 4.97. The molecule has 0 spiro atoms. The Balaban J connectivity index is 1.78. The number of alkyl halides is 3. The summed E-state index contributed by atoms with van der Waals surface area (Å²) in [5.74, 6) is -1.48. The second kappa shape index (κ2) is 8.31. The smallest absolute Gasteiger partial charge is 0.418 e. The van der Waals surface area contributed by atoms with E-state index in [1.54, 1.807) is 12.3 Å².